The molecule has 0 atom stereocenters. The maximum absolute atomic E-state index is 11.1. The van der Waals surface area contributed by atoms with Gasteiger partial charge in [0.2, 0.25) is 0 Å². The van der Waals surface area contributed by atoms with Crippen LogP contribution in [0, 0.1) is 0 Å². The smallest absolute Gasteiger partial charge is 0.337 e. The zero-order valence-electron chi connectivity index (χ0n) is 10.5. The second-order valence-electron chi connectivity index (χ2n) is 4.00. The van der Waals surface area contributed by atoms with Gasteiger partial charge < -0.3 is 20.7 Å². The number of hydrogen-bond donors (Lipinski definition) is 3. The summed E-state index contributed by atoms with van der Waals surface area (Å²) >= 11 is 0. The minimum atomic E-state index is -1.00. The number of carbonyl (C=O) groups is 1. The lowest BCUT2D eigenvalue weighted by Crippen LogP contribution is -2.10. The Labute approximate surface area is 110 Å². The molecule has 7 nitrogen and oxygen atoms in total. The summed E-state index contributed by atoms with van der Waals surface area (Å²) in [5, 5.41) is 19.9. The number of aromatic carboxylic acids is 1. The van der Waals surface area contributed by atoms with Crippen molar-refractivity contribution in [1.82, 2.24) is 14.8 Å². The fraction of sp³-hybridized carbons (Fsp3) is 0.250. The zero-order chi connectivity index (χ0) is 13.8. The molecule has 0 aliphatic carbocycles. The number of aromatic nitrogens is 3. The quantitative estimate of drug-likeness (QED) is 0.698. The van der Waals surface area contributed by atoms with E-state index in [1.165, 1.54) is 6.07 Å². The Hall–Kier alpha value is -2.57. The van der Waals surface area contributed by atoms with Crippen molar-refractivity contribution in [1.29, 1.82) is 0 Å². The lowest BCUT2D eigenvalue weighted by molar-refractivity contribution is 0.0698. The number of carboxylic acids is 1. The molecule has 1 aromatic carbocycles. The summed E-state index contributed by atoms with van der Waals surface area (Å²) < 4.78 is 1.87. The number of nitrogens with zero attached hydrogens (tertiary/aromatic N) is 3. The van der Waals surface area contributed by atoms with Gasteiger partial charge in [-0.2, -0.15) is 0 Å². The Morgan fingerprint density at radius 3 is 3.00 bits per heavy atom. The Morgan fingerprint density at radius 1 is 1.53 bits per heavy atom. The first kappa shape index (κ1) is 12.9. The Balaban J connectivity index is 2.19. The van der Waals surface area contributed by atoms with Crippen LogP contribution in [0.25, 0.3) is 0 Å². The summed E-state index contributed by atoms with van der Waals surface area (Å²) in [6.45, 7) is 3.13. The lowest BCUT2D eigenvalue weighted by atomic mass is 10.1. The molecule has 0 aliphatic heterocycles. The molecule has 7 heteroatoms. The number of benzene rings is 1. The number of hydrogen-bond acceptors (Lipinski definition) is 5. The number of nitrogens with two attached hydrogens (primary N) is 1. The predicted octanol–water partition coefficient (Wildman–Crippen LogP) is 1.19. The maximum atomic E-state index is 11.1. The van der Waals surface area contributed by atoms with Crippen LogP contribution in [-0.2, 0) is 13.1 Å². The minimum absolute atomic E-state index is 0.178. The van der Waals surface area contributed by atoms with Gasteiger partial charge in [-0.25, -0.2) is 4.79 Å². The van der Waals surface area contributed by atoms with Crippen LogP contribution in [0.1, 0.15) is 23.1 Å². The Bertz CT molecular complexity index is 594. The molecule has 2 aromatic rings. The second kappa shape index (κ2) is 5.38. The van der Waals surface area contributed by atoms with Crippen molar-refractivity contribution in [3.63, 3.8) is 0 Å². The molecular formula is C12H15N5O2. The van der Waals surface area contributed by atoms with Gasteiger partial charge in [-0.3, -0.25) is 0 Å². The molecule has 1 aromatic heterocycles. The van der Waals surface area contributed by atoms with Gasteiger partial charge in [0, 0.05) is 12.2 Å². The number of aryl methyl sites for hydroxylation is 1. The SMILES string of the molecule is CCn1cnnc1CNc1cc(N)ccc1C(=O)O. The number of anilines is 2. The summed E-state index contributed by atoms with van der Waals surface area (Å²) in [7, 11) is 0. The normalized spacial score (nSPS) is 10.4. The van der Waals surface area contributed by atoms with Crippen LogP contribution in [0.4, 0.5) is 11.4 Å². The van der Waals surface area contributed by atoms with Crippen molar-refractivity contribution in [2.75, 3.05) is 11.1 Å². The predicted molar refractivity (Wildman–Crippen MR) is 70.8 cm³/mol. The third-order valence-electron chi connectivity index (χ3n) is 2.75. The first-order valence-corrected chi connectivity index (χ1v) is 5.85. The second-order valence-corrected chi connectivity index (χ2v) is 4.00. The fourth-order valence-corrected chi connectivity index (χ4v) is 1.75. The van der Waals surface area contributed by atoms with Gasteiger partial charge in [-0.1, -0.05) is 0 Å². The molecule has 0 unspecified atom stereocenters. The number of nitrogen functional groups attached to an aromatic ring is 1. The molecule has 0 bridgehead atoms. The molecule has 4 N–H and O–H groups in total. The molecule has 0 radical (unpaired) electrons. The van der Waals surface area contributed by atoms with E-state index in [4.69, 9.17) is 10.8 Å². The van der Waals surface area contributed by atoms with E-state index in [9.17, 15) is 4.79 Å². The van der Waals surface area contributed by atoms with Crippen LogP contribution in [0.15, 0.2) is 24.5 Å². The van der Waals surface area contributed by atoms with E-state index in [0.29, 0.717) is 17.9 Å². The number of nitrogens with one attached hydrogen (secondary N) is 1. The minimum Gasteiger partial charge on any atom is -0.478 e. The molecule has 0 saturated heterocycles. The van der Waals surface area contributed by atoms with Gasteiger partial charge in [0.1, 0.15) is 6.33 Å². The number of carboxylic acid groups (broad SMARTS) is 1. The number of rotatable bonds is 5. The zero-order valence-corrected chi connectivity index (χ0v) is 10.5. The van der Waals surface area contributed by atoms with Crippen molar-refractivity contribution >= 4 is 17.3 Å². The van der Waals surface area contributed by atoms with Crippen LogP contribution >= 0.6 is 0 Å². The molecule has 1 heterocycles. The van der Waals surface area contributed by atoms with Crippen molar-refractivity contribution < 1.29 is 9.90 Å². The molecular weight excluding hydrogens is 246 g/mol. The van der Waals surface area contributed by atoms with E-state index in [1.807, 2.05) is 11.5 Å². The lowest BCUT2D eigenvalue weighted by Gasteiger charge is -2.10. The van der Waals surface area contributed by atoms with E-state index < -0.39 is 5.97 Å². The highest BCUT2D eigenvalue weighted by Crippen LogP contribution is 2.19. The molecule has 0 fully saturated rings. The first-order chi connectivity index (χ1) is 9.11. The van der Waals surface area contributed by atoms with E-state index in [-0.39, 0.29) is 5.56 Å². The van der Waals surface area contributed by atoms with E-state index in [2.05, 4.69) is 15.5 Å². The fourth-order valence-electron chi connectivity index (χ4n) is 1.75. The van der Waals surface area contributed by atoms with E-state index in [0.717, 1.165) is 12.4 Å². The van der Waals surface area contributed by atoms with Crippen LogP contribution in [0.5, 0.6) is 0 Å². The van der Waals surface area contributed by atoms with Crippen LogP contribution in [0.2, 0.25) is 0 Å². The summed E-state index contributed by atoms with van der Waals surface area (Å²) in [4.78, 5) is 11.1. The summed E-state index contributed by atoms with van der Waals surface area (Å²) in [6, 6.07) is 4.63. The largest absolute Gasteiger partial charge is 0.478 e. The average molecular weight is 261 g/mol. The van der Waals surface area contributed by atoms with Gasteiger partial charge >= 0.3 is 5.97 Å². The molecule has 2 rings (SSSR count). The molecule has 0 aliphatic rings. The van der Waals surface area contributed by atoms with Crippen LogP contribution in [-0.4, -0.2) is 25.8 Å². The van der Waals surface area contributed by atoms with Crippen LogP contribution < -0.4 is 11.1 Å². The molecule has 0 amide bonds. The van der Waals surface area contributed by atoms with E-state index in [1.54, 1.807) is 18.5 Å². The van der Waals surface area contributed by atoms with Crippen molar-refractivity contribution in [3.05, 3.63) is 35.9 Å². The van der Waals surface area contributed by atoms with Gasteiger partial charge in [-0.15, -0.1) is 10.2 Å². The highest BCUT2D eigenvalue weighted by molar-refractivity contribution is 5.95. The topological polar surface area (TPSA) is 106 Å². The highest BCUT2D eigenvalue weighted by Gasteiger charge is 2.11. The van der Waals surface area contributed by atoms with Crippen molar-refractivity contribution in [2.45, 2.75) is 20.0 Å². The first-order valence-electron chi connectivity index (χ1n) is 5.85. The summed E-state index contributed by atoms with van der Waals surface area (Å²) in [5.41, 5.74) is 6.82. The third kappa shape index (κ3) is 2.82. The van der Waals surface area contributed by atoms with Gasteiger partial charge in [0.25, 0.3) is 0 Å². The molecule has 100 valence electrons. The molecule has 0 saturated carbocycles. The van der Waals surface area contributed by atoms with Gasteiger partial charge in [0.05, 0.1) is 17.8 Å². The highest BCUT2D eigenvalue weighted by atomic mass is 16.4. The standard InChI is InChI=1S/C12H15N5O2/c1-2-17-7-15-16-11(17)6-14-10-5-8(13)3-4-9(10)12(18)19/h3-5,7,14H,2,6,13H2,1H3,(H,18,19). The maximum Gasteiger partial charge on any atom is 0.337 e. The third-order valence-corrected chi connectivity index (χ3v) is 2.75. The van der Waals surface area contributed by atoms with E-state index >= 15 is 0 Å². The summed E-state index contributed by atoms with van der Waals surface area (Å²) in [5.74, 6) is -0.263. The monoisotopic (exact) mass is 261 g/mol. The Kier molecular flexibility index (Phi) is 3.65. The van der Waals surface area contributed by atoms with Gasteiger partial charge in [0.15, 0.2) is 5.82 Å². The molecule has 0 spiro atoms. The van der Waals surface area contributed by atoms with Crippen molar-refractivity contribution in [2.24, 2.45) is 0 Å². The van der Waals surface area contributed by atoms with Crippen LogP contribution in [0.3, 0.4) is 0 Å². The van der Waals surface area contributed by atoms with Gasteiger partial charge in [-0.05, 0) is 25.1 Å². The molecule has 19 heavy (non-hydrogen) atoms. The summed E-state index contributed by atoms with van der Waals surface area (Å²) in [6.07, 6.45) is 1.63. The van der Waals surface area contributed by atoms with Crippen molar-refractivity contribution in [3.8, 4) is 0 Å². The Morgan fingerprint density at radius 2 is 2.32 bits per heavy atom. The average Bonchev–Trinajstić information content (AvgIpc) is 2.83.